The number of hydrogen-bond acceptors (Lipinski definition) is 3. The van der Waals surface area contributed by atoms with Gasteiger partial charge in [-0.25, -0.2) is 4.79 Å². The van der Waals surface area contributed by atoms with E-state index in [1.54, 1.807) is 0 Å². The van der Waals surface area contributed by atoms with Crippen molar-refractivity contribution in [3.05, 3.63) is 0 Å². The molecule has 0 bridgehead atoms. The lowest BCUT2D eigenvalue weighted by atomic mass is 9.85. The molecule has 0 unspecified atom stereocenters. The number of hydrogen-bond donors (Lipinski definition) is 1. The molecule has 88 valence electrons. The molecule has 3 nitrogen and oxygen atoms in total. The van der Waals surface area contributed by atoms with Crippen molar-refractivity contribution in [2.45, 2.75) is 58.0 Å². The molecule has 0 aromatic heterocycles. The molecule has 0 amide bonds. The van der Waals surface area contributed by atoms with E-state index in [1.165, 1.54) is 0 Å². The Labute approximate surface area is 91.8 Å². The second-order valence-corrected chi connectivity index (χ2v) is 4.91. The van der Waals surface area contributed by atoms with Crippen LogP contribution in [-0.2, 0) is 9.53 Å². The summed E-state index contributed by atoms with van der Waals surface area (Å²) in [5.41, 5.74) is -1.19. The van der Waals surface area contributed by atoms with E-state index in [-0.39, 0.29) is 0 Å². The maximum absolute atomic E-state index is 11.6. The van der Waals surface area contributed by atoms with Crippen molar-refractivity contribution >= 4 is 5.97 Å². The molecule has 0 spiro atoms. The van der Waals surface area contributed by atoms with Crippen LogP contribution in [0.5, 0.6) is 0 Å². The predicted molar refractivity (Wildman–Crippen MR) is 58.4 cm³/mol. The van der Waals surface area contributed by atoms with Gasteiger partial charge in [0.15, 0.2) is 5.60 Å². The molecule has 1 fully saturated rings. The van der Waals surface area contributed by atoms with Crippen molar-refractivity contribution < 1.29 is 14.6 Å². The van der Waals surface area contributed by atoms with Crippen LogP contribution in [0, 0.1) is 5.92 Å². The van der Waals surface area contributed by atoms with Crippen molar-refractivity contribution in [2.75, 3.05) is 6.61 Å². The van der Waals surface area contributed by atoms with Gasteiger partial charge in [0.05, 0.1) is 6.61 Å². The Bertz CT molecular complexity index is 205. The first-order valence-electron chi connectivity index (χ1n) is 5.94. The van der Waals surface area contributed by atoms with Gasteiger partial charge in [0.1, 0.15) is 0 Å². The fraction of sp³-hybridized carbons (Fsp3) is 0.917. The Morgan fingerprint density at radius 2 is 1.93 bits per heavy atom. The average molecular weight is 214 g/mol. The Kier molecular flexibility index (Phi) is 4.58. The van der Waals surface area contributed by atoms with Crippen molar-refractivity contribution in [3.8, 4) is 0 Å². The zero-order valence-corrected chi connectivity index (χ0v) is 9.79. The summed E-state index contributed by atoms with van der Waals surface area (Å²) < 4.78 is 5.11. The van der Waals surface area contributed by atoms with Crippen LogP contribution in [0.25, 0.3) is 0 Å². The van der Waals surface area contributed by atoms with Crippen molar-refractivity contribution in [2.24, 2.45) is 5.92 Å². The lowest BCUT2D eigenvalue weighted by molar-refractivity contribution is -0.169. The van der Waals surface area contributed by atoms with Crippen molar-refractivity contribution in [3.63, 3.8) is 0 Å². The molecule has 0 atom stereocenters. The summed E-state index contributed by atoms with van der Waals surface area (Å²) >= 11 is 0. The monoisotopic (exact) mass is 214 g/mol. The third kappa shape index (κ3) is 3.82. The smallest absolute Gasteiger partial charge is 0.338 e. The van der Waals surface area contributed by atoms with Gasteiger partial charge in [0.25, 0.3) is 0 Å². The molecule has 1 aliphatic carbocycles. The lowest BCUT2D eigenvalue weighted by Gasteiger charge is -2.29. The Morgan fingerprint density at radius 3 is 2.47 bits per heavy atom. The highest BCUT2D eigenvalue weighted by Crippen LogP contribution is 2.29. The molecule has 0 aromatic carbocycles. The topological polar surface area (TPSA) is 46.5 Å². The normalized spacial score (nSPS) is 20.3. The van der Waals surface area contributed by atoms with E-state index in [2.05, 4.69) is 13.8 Å². The molecule has 1 aliphatic rings. The van der Waals surface area contributed by atoms with Crippen LogP contribution in [0.1, 0.15) is 52.4 Å². The quantitative estimate of drug-likeness (QED) is 0.730. The molecule has 15 heavy (non-hydrogen) atoms. The highest BCUT2D eigenvalue weighted by atomic mass is 16.5. The van der Waals surface area contributed by atoms with Gasteiger partial charge >= 0.3 is 5.97 Å². The Hall–Kier alpha value is -0.570. The molecule has 3 heteroatoms. The molecule has 0 heterocycles. The first kappa shape index (κ1) is 12.5. The zero-order valence-electron chi connectivity index (χ0n) is 9.79. The van der Waals surface area contributed by atoms with E-state index in [1.807, 2.05) is 0 Å². The molecular formula is C12H22O3. The molecule has 1 N–H and O–H groups in total. The molecule has 0 radical (unpaired) electrons. The SMILES string of the molecule is CC(C)CCOC(=O)C1(O)CCCCC1. The van der Waals surface area contributed by atoms with Gasteiger partial charge in [-0.3, -0.25) is 0 Å². The minimum absolute atomic E-state index is 0.414. The highest BCUT2D eigenvalue weighted by molar-refractivity contribution is 5.79. The molecule has 0 aromatic rings. The number of carbonyl (C=O) groups excluding carboxylic acids is 1. The molecule has 0 aliphatic heterocycles. The van der Waals surface area contributed by atoms with Gasteiger partial charge in [-0.15, -0.1) is 0 Å². The van der Waals surface area contributed by atoms with E-state index < -0.39 is 11.6 Å². The molecular weight excluding hydrogens is 192 g/mol. The number of esters is 1. The van der Waals surface area contributed by atoms with Gasteiger partial charge in [0.2, 0.25) is 0 Å². The Balaban J connectivity index is 2.31. The number of rotatable bonds is 4. The van der Waals surface area contributed by atoms with Gasteiger partial charge < -0.3 is 9.84 Å². The average Bonchev–Trinajstić information content (AvgIpc) is 2.18. The van der Waals surface area contributed by atoms with Gasteiger partial charge in [-0.1, -0.05) is 20.3 Å². The summed E-state index contributed by atoms with van der Waals surface area (Å²) in [4.78, 5) is 11.6. The second kappa shape index (κ2) is 5.50. The van der Waals surface area contributed by atoms with Crippen LogP contribution in [0.15, 0.2) is 0 Å². The maximum Gasteiger partial charge on any atom is 0.338 e. The number of ether oxygens (including phenoxy) is 1. The van der Waals surface area contributed by atoms with E-state index in [0.29, 0.717) is 25.4 Å². The van der Waals surface area contributed by atoms with E-state index in [0.717, 1.165) is 25.7 Å². The maximum atomic E-state index is 11.6. The summed E-state index contributed by atoms with van der Waals surface area (Å²) in [6.07, 6.45) is 4.95. The standard InChI is InChI=1S/C12H22O3/c1-10(2)6-9-15-11(13)12(14)7-4-3-5-8-12/h10,14H,3-9H2,1-2H3. The summed E-state index contributed by atoms with van der Waals surface area (Å²) in [7, 11) is 0. The van der Waals surface area contributed by atoms with Crippen LogP contribution in [-0.4, -0.2) is 23.3 Å². The van der Waals surface area contributed by atoms with Crippen LogP contribution in [0.4, 0.5) is 0 Å². The van der Waals surface area contributed by atoms with E-state index in [9.17, 15) is 9.90 Å². The minimum Gasteiger partial charge on any atom is -0.464 e. The molecule has 1 rings (SSSR count). The lowest BCUT2D eigenvalue weighted by Crippen LogP contribution is -2.42. The fourth-order valence-electron chi connectivity index (χ4n) is 1.86. The number of aliphatic hydroxyl groups is 1. The van der Waals surface area contributed by atoms with Crippen LogP contribution in [0.2, 0.25) is 0 Å². The second-order valence-electron chi connectivity index (χ2n) is 4.91. The largest absolute Gasteiger partial charge is 0.464 e. The first-order chi connectivity index (χ1) is 7.04. The fourth-order valence-corrected chi connectivity index (χ4v) is 1.86. The van der Waals surface area contributed by atoms with Crippen molar-refractivity contribution in [1.82, 2.24) is 0 Å². The summed E-state index contributed by atoms with van der Waals surface area (Å²) in [5.74, 6) is 0.113. The third-order valence-corrected chi connectivity index (χ3v) is 2.99. The predicted octanol–water partition coefficient (Wildman–Crippen LogP) is 2.27. The van der Waals surface area contributed by atoms with E-state index >= 15 is 0 Å². The van der Waals surface area contributed by atoms with Gasteiger partial charge in [-0.2, -0.15) is 0 Å². The third-order valence-electron chi connectivity index (χ3n) is 2.99. The van der Waals surface area contributed by atoms with Crippen LogP contribution in [0.3, 0.4) is 0 Å². The zero-order chi connectivity index (χ0) is 11.3. The minimum atomic E-state index is -1.19. The number of carbonyl (C=O) groups is 1. The van der Waals surface area contributed by atoms with Crippen LogP contribution >= 0.6 is 0 Å². The first-order valence-corrected chi connectivity index (χ1v) is 5.94. The Morgan fingerprint density at radius 1 is 1.33 bits per heavy atom. The van der Waals surface area contributed by atoms with Crippen LogP contribution < -0.4 is 0 Å². The summed E-state index contributed by atoms with van der Waals surface area (Å²) in [6, 6.07) is 0. The molecule has 0 saturated heterocycles. The van der Waals surface area contributed by atoms with Gasteiger partial charge in [-0.05, 0) is 38.0 Å². The van der Waals surface area contributed by atoms with Gasteiger partial charge in [0, 0.05) is 0 Å². The summed E-state index contributed by atoms with van der Waals surface area (Å²) in [5, 5.41) is 10.0. The van der Waals surface area contributed by atoms with Crippen molar-refractivity contribution in [1.29, 1.82) is 0 Å². The molecule has 1 saturated carbocycles. The van der Waals surface area contributed by atoms with E-state index in [4.69, 9.17) is 4.74 Å². The highest BCUT2D eigenvalue weighted by Gasteiger charge is 2.38. The summed E-state index contributed by atoms with van der Waals surface area (Å²) in [6.45, 7) is 4.60.